The number of hydrogen-bond donors (Lipinski definition) is 3. The van der Waals surface area contributed by atoms with Crippen molar-refractivity contribution in [2.24, 2.45) is 58.2 Å². The van der Waals surface area contributed by atoms with Gasteiger partial charge < -0.3 is 15.3 Å². The Bertz CT molecular complexity index is 678. The van der Waals surface area contributed by atoms with Crippen LogP contribution < -0.4 is 0 Å². The van der Waals surface area contributed by atoms with E-state index in [0.717, 1.165) is 25.7 Å². The molecule has 4 rings (SSSR count). The zero-order chi connectivity index (χ0) is 22.7. The quantitative estimate of drug-likeness (QED) is 0.544. The van der Waals surface area contributed by atoms with Crippen molar-refractivity contribution in [2.75, 3.05) is 0 Å². The first kappa shape index (κ1) is 23.5. The first-order valence-corrected chi connectivity index (χ1v) is 13.1. The fourth-order valence-corrected chi connectivity index (χ4v) is 10.0. The second-order valence-corrected chi connectivity index (χ2v) is 12.5. The lowest BCUT2D eigenvalue weighted by molar-refractivity contribution is -0.218. The first-order chi connectivity index (χ1) is 14.6. The van der Waals surface area contributed by atoms with Crippen LogP contribution in [0.3, 0.4) is 0 Å². The molecular weight excluding hydrogens is 388 g/mol. The smallest absolute Gasteiger partial charge is 0.303 e. The standard InChI is InChI=1S/C27H46O4/c1-6-17-24-16(3)21(28)12-14-27(24,5)20-11-13-26(4)18(15(2)7-10-22(29)30)8-9-19(26)23(20)25(17)31/h15-21,23-25,28,31H,6-14H2,1-5H3,(H,29,30)/t15-,16?,17+,18?,19+,20+,21-,23?,24?,25-,26?,27?/m1/s1. The first-order valence-electron chi connectivity index (χ1n) is 13.1. The summed E-state index contributed by atoms with van der Waals surface area (Å²) in [4.78, 5) is 11.1. The SMILES string of the molecule is CC[C@H]1C2C(C)[C@H](O)CCC2(C)[C@H]2CCC3(C)C([C@H](C)CCC(=O)O)CC[C@H]3C2[C@@H]1O. The molecule has 4 aliphatic carbocycles. The average Bonchev–Trinajstić information content (AvgIpc) is 3.08. The highest BCUT2D eigenvalue weighted by molar-refractivity contribution is 5.66. The zero-order valence-corrected chi connectivity index (χ0v) is 20.4. The lowest BCUT2D eigenvalue weighted by atomic mass is 9.40. The Morgan fingerprint density at radius 2 is 1.68 bits per heavy atom. The molecule has 6 unspecified atom stereocenters. The molecule has 0 spiro atoms. The number of fused-ring (bicyclic) bond motifs is 5. The molecule has 178 valence electrons. The molecule has 0 aromatic carbocycles. The number of aliphatic hydroxyl groups is 2. The largest absolute Gasteiger partial charge is 0.481 e. The highest BCUT2D eigenvalue weighted by Crippen LogP contribution is 2.70. The summed E-state index contributed by atoms with van der Waals surface area (Å²) in [5.41, 5.74) is 0.443. The van der Waals surface area contributed by atoms with E-state index in [2.05, 4.69) is 34.6 Å². The summed E-state index contributed by atoms with van der Waals surface area (Å²) in [6, 6.07) is 0. The summed E-state index contributed by atoms with van der Waals surface area (Å²) < 4.78 is 0. The molecule has 3 N–H and O–H groups in total. The molecule has 0 aromatic rings. The molecule has 4 heteroatoms. The van der Waals surface area contributed by atoms with E-state index in [4.69, 9.17) is 0 Å². The van der Waals surface area contributed by atoms with Gasteiger partial charge >= 0.3 is 5.97 Å². The Morgan fingerprint density at radius 1 is 1.03 bits per heavy atom. The van der Waals surface area contributed by atoms with Crippen LogP contribution in [0.15, 0.2) is 0 Å². The second kappa shape index (κ2) is 8.31. The van der Waals surface area contributed by atoms with Crippen LogP contribution in [-0.2, 0) is 4.79 Å². The molecule has 0 radical (unpaired) electrons. The van der Waals surface area contributed by atoms with Crippen molar-refractivity contribution in [1.29, 1.82) is 0 Å². The van der Waals surface area contributed by atoms with E-state index in [-0.39, 0.29) is 41.3 Å². The molecule has 0 aliphatic heterocycles. The minimum Gasteiger partial charge on any atom is -0.481 e. The molecule has 31 heavy (non-hydrogen) atoms. The van der Waals surface area contributed by atoms with Gasteiger partial charge in [-0.3, -0.25) is 4.79 Å². The Morgan fingerprint density at radius 3 is 2.32 bits per heavy atom. The van der Waals surface area contributed by atoms with E-state index in [1.165, 1.54) is 25.7 Å². The Labute approximate surface area is 189 Å². The lowest BCUT2D eigenvalue weighted by Gasteiger charge is -2.66. The summed E-state index contributed by atoms with van der Waals surface area (Å²) in [6.45, 7) is 11.7. The molecule has 0 saturated heterocycles. The third-order valence-corrected chi connectivity index (χ3v) is 11.4. The van der Waals surface area contributed by atoms with Gasteiger partial charge in [-0.1, -0.05) is 41.0 Å². The van der Waals surface area contributed by atoms with Crippen LogP contribution in [0.2, 0.25) is 0 Å². The number of hydrogen-bond acceptors (Lipinski definition) is 3. The fraction of sp³-hybridized carbons (Fsp3) is 0.963. The van der Waals surface area contributed by atoms with Gasteiger partial charge in [0.05, 0.1) is 12.2 Å². The topological polar surface area (TPSA) is 77.8 Å². The molecule has 0 aromatic heterocycles. The maximum absolute atomic E-state index is 11.8. The maximum Gasteiger partial charge on any atom is 0.303 e. The van der Waals surface area contributed by atoms with Gasteiger partial charge in [0.15, 0.2) is 0 Å². The van der Waals surface area contributed by atoms with Gasteiger partial charge in [0.25, 0.3) is 0 Å². The predicted molar refractivity (Wildman–Crippen MR) is 122 cm³/mol. The lowest BCUT2D eigenvalue weighted by Crippen LogP contribution is -2.64. The maximum atomic E-state index is 11.8. The van der Waals surface area contributed by atoms with Crippen molar-refractivity contribution >= 4 is 5.97 Å². The van der Waals surface area contributed by atoms with Crippen LogP contribution in [0.1, 0.15) is 92.4 Å². The minimum atomic E-state index is -0.684. The van der Waals surface area contributed by atoms with Crippen molar-refractivity contribution < 1.29 is 20.1 Å². The van der Waals surface area contributed by atoms with Crippen LogP contribution in [0, 0.1) is 58.2 Å². The van der Waals surface area contributed by atoms with E-state index in [0.29, 0.717) is 35.5 Å². The van der Waals surface area contributed by atoms with Gasteiger partial charge in [0, 0.05) is 6.42 Å². The van der Waals surface area contributed by atoms with Crippen LogP contribution in [0.5, 0.6) is 0 Å². The third-order valence-electron chi connectivity index (χ3n) is 11.4. The van der Waals surface area contributed by atoms with Crippen LogP contribution in [0.25, 0.3) is 0 Å². The minimum absolute atomic E-state index is 0.220. The Hall–Kier alpha value is -0.610. The molecule has 0 heterocycles. The second-order valence-electron chi connectivity index (χ2n) is 12.5. The van der Waals surface area contributed by atoms with E-state index in [9.17, 15) is 20.1 Å². The number of aliphatic hydroxyl groups excluding tert-OH is 2. The zero-order valence-electron chi connectivity index (χ0n) is 20.4. The number of carboxylic acid groups (broad SMARTS) is 1. The molecule has 4 aliphatic rings. The van der Waals surface area contributed by atoms with Crippen molar-refractivity contribution in [2.45, 2.75) is 105 Å². The van der Waals surface area contributed by atoms with Crippen molar-refractivity contribution in [3.8, 4) is 0 Å². The van der Waals surface area contributed by atoms with E-state index < -0.39 is 5.97 Å². The van der Waals surface area contributed by atoms with E-state index in [1.54, 1.807) is 0 Å². The molecule has 12 atom stereocenters. The van der Waals surface area contributed by atoms with Crippen molar-refractivity contribution in [3.05, 3.63) is 0 Å². The summed E-state index contributed by atoms with van der Waals surface area (Å²) in [7, 11) is 0. The highest BCUT2D eigenvalue weighted by atomic mass is 16.4. The summed E-state index contributed by atoms with van der Waals surface area (Å²) >= 11 is 0. The Kier molecular flexibility index (Phi) is 6.31. The predicted octanol–water partition coefficient (Wildman–Crippen LogP) is 5.36. The molecular formula is C27H46O4. The number of carboxylic acids is 1. The van der Waals surface area contributed by atoms with Crippen LogP contribution in [-0.4, -0.2) is 33.5 Å². The number of rotatable bonds is 5. The molecule has 4 saturated carbocycles. The summed E-state index contributed by atoms with van der Waals surface area (Å²) in [5, 5.41) is 31.7. The van der Waals surface area contributed by atoms with Crippen LogP contribution >= 0.6 is 0 Å². The van der Waals surface area contributed by atoms with Gasteiger partial charge in [-0.25, -0.2) is 0 Å². The Balaban J connectivity index is 1.64. The summed E-state index contributed by atoms with van der Waals surface area (Å²) in [5.74, 6) is 2.74. The van der Waals surface area contributed by atoms with Gasteiger partial charge in [0.2, 0.25) is 0 Å². The number of aliphatic carboxylic acids is 1. The molecule has 0 bridgehead atoms. The average molecular weight is 435 g/mol. The molecule has 0 amide bonds. The third kappa shape index (κ3) is 3.50. The molecule has 4 nitrogen and oxygen atoms in total. The van der Waals surface area contributed by atoms with Crippen molar-refractivity contribution in [1.82, 2.24) is 0 Å². The molecule has 4 fully saturated rings. The highest BCUT2D eigenvalue weighted by Gasteiger charge is 2.65. The fourth-order valence-electron chi connectivity index (χ4n) is 10.0. The van der Waals surface area contributed by atoms with Gasteiger partial charge in [-0.15, -0.1) is 0 Å². The monoisotopic (exact) mass is 434 g/mol. The van der Waals surface area contributed by atoms with E-state index >= 15 is 0 Å². The van der Waals surface area contributed by atoms with Gasteiger partial charge in [-0.2, -0.15) is 0 Å². The number of carbonyl (C=O) groups is 1. The van der Waals surface area contributed by atoms with Crippen molar-refractivity contribution in [3.63, 3.8) is 0 Å². The van der Waals surface area contributed by atoms with Gasteiger partial charge in [-0.05, 0) is 103 Å². The normalized spacial score (nSPS) is 52.7. The van der Waals surface area contributed by atoms with Gasteiger partial charge in [0.1, 0.15) is 0 Å². The van der Waals surface area contributed by atoms with E-state index in [1.807, 2.05) is 0 Å². The van der Waals surface area contributed by atoms with Crippen LogP contribution in [0.4, 0.5) is 0 Å². The summed E-state index contributed by atoms with van der Waals surface area (Å²) in [6.07, 6.45) is 8.30.